The van der Waals surface area contributed by atoms with Gasteiger partial charge >= 0.3 is 5.97 Å². The number of hydrogen-bond acceptors (Lipinski definition) is 5. The highest BCUT2D eigenvalue weighted by Gasteiger charge is 2.37. The predicted octanol–water partition coefficient (Wildman–Crippen LogP) is 3.70. The van der Waals surface area contributed by atoms with E-state index in [1.54, 1.807) is 25.3 Å². The van der Waals surface area contributed by atoms with Crippen LogP contribution in [-0.2, 0) is 14.3 Å². The first kappa shape index (κ1) is 18.1. The van der Waals surface area contributed by atoms with E-state index in [2.05, 4.69) is 5.10 Å². The molecule has 0 radical (unpaired) electrons. The van der Waals surface area contributed by atoms with Crippen molar-refractivity contribution < 1.29 is 14.3 Å². The van der Waals surface area contributed by atoms with Crippen LogP contribution in [-0.4, -0.2) is 34.9 Å². The van der Waals surface area contributed by atoms with Crippen LogP contribution in [0.2, 0.25) is 10.0 Å². The average Bonchev–Trinajstić information content (AvgIpc) is 2.52. The molecule has 1 aromatic carbocycles. The van der Waals surface area contributed by atoms with E-state index in [1.807, 2.05) is 6.92 Å². The van der Waals surface area contributed by atoms with Crippen molar-refractivity contribution in [2.75, 3.05) is 12.9 Å². The summed E-state index contributed by atoms with van der Waals surface area (Å²) in [4.78, 5) is 24.3. The van der Waals surface area contributed by atoms with E-state index in [4.69, 9.17) is 27.9 Å². The second-order valence-corrected chi connectivity index (χ2v) is 6.44. The summed E-state index contributed by atoms with van der Waals surface area (Å²) in [5.74, 6) is -1.84. The van der Waals surface area contributed by atoms with Gasteiger partial charge in [-0.05, 0) is 43.5 Å². The topological polar surface area (TPSA) is 59.0 Å². The molecule has 1 atom stereocenters. The number of benzene rings is 1. The summed E-state index contributed by atoms with van der Waals surface area (Å²) in [7, 11) is 0. The molecule has 1 unspecified atom stereocenters. The summed E-state index contributed by atoms with van der Waals surface area (Å²) in [6.45, 7) is 3.73. The van der Waals surface area contributed by atoms with E-state index in [9.17, 15) is 9.59 Å². The van der Waals surface area contributed by atoms with E-state index in [0.717, 1.165) is 17.5 Å². The number of nitrogens with zero attached hydrogens (tertiary/aromatic N) is 2. The molecule has 1 aliphatic rings. The number of ether oxygens (including phenoxy) is 1. The summed E-state index contributed by atoms with van der Waals surface area (Å²) in [6, 6.07) is 3.47. The van der Waals surface area contributed by atoms with Crippen molar-refractivity contribution in [2.45, 2.75) is 20.3 Å². The lowest BCUT2D eigenvalue weighted by atomic mass is 9.95. The maximum atomic E-state index is 12.3. The van der Waals surface area contributed by atoms with Crippen molar-refractivity contribution in [3.63, 3.8) is 0 Å². The van der Waals surface area contributed by atoms with Crippen LogP contribution in [0.25, 0.3) is 0 Å². The smallest absolute Gasteiger partial charge is 0.319 e. The first-order chi connectivity index (χ1) is 10.9. The van der Waals surface area contributed by atoms with Crippen LogP contribution in [0.15, 0.2) is 17.2 Å². The predicted molar refractivity (Wildman–Crippen MR) is 92.8 cm³/mol. The van der Waals surface area contributed by atoms with Crippen molar-refractivity contribution in [2.24, 2.45) is 11.0 Å². The molecule has 23 heavy (non-hydrogen) atoms. The number of carbonyl (C=O) groups excluding carboxylic acids is 2. The van der Waals surface area contributed by atoms with Gasteiger partial charge in [0.1, 0.15) is 5.92 Å². The molecule has 0 spiro atoms. The second kappa shape index (κ2) is 7.55. The maximum absolute atomic E-state index is 12.3. The number of esters is 1. The van der Waals surface area contributed by atoms with Crippen molar-refractivity contribution in [3.8, 4) is 0 Å². The highest BCUT2D eigenvalue weighted by atomic mass is 35.5. The molecule has 1 amide bonds. The third-order valence-corrected chi connectivity index (χ3v) is 4.85. The van der Waals surface area contributed by atoms with Gasteiger partial charge in [-0.2, -0.15) is 9.52 Å². The number of hydrazone groups is 1. The van der Waals surface area contributed by atoms with Gasteiger partial charge in [-0.1, -0.05) is 23.2 Å². The molecule has 1 aliphatic heterocycles. The largest absolute Gasteiger partial charge is 0.465 e. The van der Waals surface area contributed by atoms with Gasteiger partial charge in [0.2, 0.25) is 0 Å². The summed E-state index contributed by atoms with van der Waals surface area (Å²) < 4.78 is 6.19. The van der Waals surface area contributed by atoms with E-state index in [1.165, 1.54) is 4.41 Å². The average molecular weight is 375 g/mol. The Bertz CT molecular complexity index is 656. The van der Waals surface area contributed by atoms with Crippen LogP contribution in [0.1, 0.15) is 24.5 Å². The van der Waals surface area contributed by atoms with Crippen LogP contribution in [0.5, 0.6) is 0 Å². The molecule has 1 heterocycles. The van der Waals surface area contributed by atoms with Gasteiger partial charge in [-0.25, -0.2) is 0 Å². The minimum Gasteiger partial charge on any atom is -0.465 e. The minimum absolute atomic E-state index is 0.157. The first-order valence-electron chi connectivity index (χ1n) is 6.97. The number of hydrogen-bond donors (Lipinski definition) is 0. The van der Waals surface area contributed by atoms with Crippen LogP contribution in [0.4, 0.5) is 0 Å². The van der Waals surface area contributed by atoms with Crippen LogP contribution < -0.4 is 0 Å². The molecule has 0 saturated carbocycles. The monoisotopic (exact) mass is 374 g/mol. The van der Waals surface area contributed by atoms with Gasteiger partial charge in [0.25, 0.3) is 5.91 Å². The molecule has 0 N–H and O–H groups in total. The lowest BCUT2D eigenvalue weighted by Gasteiger charge is -2.26. The Morgan fingerprint density at radius 1 is 1.43 bits per heavy atom. The number of rotatable bonds is 4. The Hall–Kier alpha value is -1.24. The second-order valence-electron chi connectivity index (χ2n) is 4.91. The van der Waals surface area contributed by atoms with Crippen molar-refractivity contribution in [1.29, 1.82) is 0 Å². The van der Waals surface area contributed by atoms with Gasteiger partial charge in [0.15, 0.2) is 0 Å². The maximum Gasteiger partial charge on any atom is 0.319 e. The van der Waals surface area contributed by atoms with Crippen molar-refractivity contribution in [1.82, 2.24) is 4.41 Å². The van der Waals surface area contributed by atoms with E-state index < -0.39 is 11.9 Å². The third-order valence-electron chi connectivity index (χ3n) is 3.45. The molecule has 8 heteroatoms. The van der Waals surface area contributed by atoms with Crippen LogP contribution >= 0.6 is 35.1 Å². The molecule has 5 nitrogen and oxygen atoms in total. The highest BCUT2D eigenvalue weighted by molar-refractivity contribution is 7.96. The zero-order valence-corrected chi connectivity index (χ0v) is 15.3. The summed E-state index contributed by atoms with van der Waals surface area (Å²) in [5, 5.41) is 5.31. The molecule has 1 aromatic rings. The Balaban J connectivity index is 2.41. The number of halogens is 2. The lowest BCUT2D eigenvalue weighted by Crippen LogP contribution is -2.40. The minimum atomic E-state index is -0.909. The Morgan fingerprint density at radius 2 is 2.04 bits per heavy atom. The standard InChI is InChI=1S/C15H16Cl2N2O3S/c1-4-22-15(21)10-7-13(18-19(23-3)14(10)20)9-5-11(16)8(2)12(17)6-9/h5-6,10H,4,7H2,1-3H3. The Labute approximate surface area is 149 Å². The lowest BCUT2D eigenvalue weighted by molar-refractivity contribution is -0.153. The molecule has 0 saturated heterocycles. The zero-order chi connectivity index (χ0) is 17.1. The Kier molecular flexibility index (Phi) is 5.95. The molecule has 0 bridgehead atoms. The van der Waals surface area contributed by atoms with Gasteiger partial charge < -0.3 is 4.74 Å². The third kappa shape index (κ3) is 3.82. The van der Waals surface area contributed by atoms with E-state index >= 15 is 0 Å². The molecule has 0 aromatic heterocycles. The molecule has 124 valence electrons. The van der Waals surface area contributed by atoms with Gasteiger partial charge in [-0.15, -0.1) is 0 Å². The van der Waals surface area contributed by atoms with Crippen LogP contribution in [0, 0.1) is 12.8 Å². The fraction of sp³-hybridized carbons (Fsp3) is 0.400. The number of amides is 1. The summed E-state index contributed by atoms with van der Waals surface area (Å²) in [6.07, 6.45) is 1.87. The fourth-order valence-electron chi connectivity index (χ4n) is 2.16. The highest BCUT2D eigenvalue weighted by Crippen LogP contribution is 2.30. The number of carbonyl (C=O) groups is 2. The van der Waals surface area contributed by atoms with Gasteiger partial charge in [0, 0.05) is 28.3 Å². The molecule has 2 rings (SSSR count). The molecular weight excluding hydrogens is 359 g/mol. The molecular formula is C15H16Cl2N2O3S. The van der Waals surface area contributed by atoms with Gasteiger partial charge in [-0.3, -0.25) is 9.59 Å². The van der Waals surface area contributed by atoms with E-state index in [0.29, 0.717) is 21.3 Å². The van der Waals surface area contributed by atoms with Crippen molar-refractivity contribution >= 4 is 52.7 Å². The SMILES string of the molecule is CCOC(=O)C1CC(c2cc(Cl)c(C)c(Cl)c2)=NN(SC)C1=O. The quantitative estimate of drug-likeness (QED) is 0.458. The van der Waals surface area contributed by atoms with Crippen LogP contribution in [0.3, 0.4) is 0 Å². The van der Waals surface area contributed by atoms with E-state index in [-0.39, 0.29) is 18.9 Å². The summed E-state index contributed by atoms with van der Waals surface area (Å²) in [5.41, 5.74) is 2.03. The summed E-state index contributed by atoms with van der Waals surface area (Å²) >= 11 is 13.5. The fourth-order valence-corrected chi connectivity index (χ4v) is 3.13. The van der Waals surface area contributed by atoms with Crippen molar-refractivity contribution in [3.05, 3.63) is 33.3 Å². The van der Waals surface area contributed by atoms with Gasteiger partial charge in [0.05, 0.1) is 12.3 Å². The normalized spacial score (nSPS) is 18.0. The first-order valence-corrected chi connectivity index (χ1v) is 8.91. The zero-order valence-electron chi connectivity index (χ0n) is 12.9. The molecule has 0 fully saturated rings. The molecule has 0 aliphatic carbocycles. The Morgan fingerprint density at radius 3 is 2.57 bits per heavy atom.